The van der Waals surface area contributed by atoms with Crippen LogP contribution in [0.1, 0.15) is 37.3 Å². The number of carbonyl (C=O) groups is 3. The van der Waals surface area contributed by atoms with Crippen LogP contribution in [0.2, 0.25) is 0 Å². The fourth-order valence-corrected chi connectivity index (χ4v) is 4.84. The highest BCUT2D eigenvalue weighted by molar-refractivity contribution is 5.86. The van der Waals surface area contributed by atoms with Gasteiger partial charge in [-0.3, -0.25) is 9.59 Å². The van der Waals surface area contributed by atoms with Crippen LogP contribution in [0.5, 0.6) is 11.5 Å². The number of benzene rings is 3. The molecule has 3 aromatic rings. The van der Waals surface area contributed by atoms with Crippen molar-refractivity contribution in [2.24, 2.45) is 0 Å². The van der Waals surface area contributed by atoms with Gasteiger partial charge in [-0.05, 0) is 55.2 Å². The number of carboxylic acids is 2. The van der Waals surface area contributed by atoms with Gasteiger partial charge in [0.15, 0.2) is 6.10 Å². The topological polar surface area (TPSA) is 123 Å². The molecule has 1 amide bonds. The third kappa shape index (κ3) is 7.05. The van der Waals surface area contributed by atoms with E-state index in [0.29, 0.717) is 24.3 Å². The summed E-state index contributed by atoms with van der Waals surface area (Å²) in [4.78, 5) is 38.2. The third-order valence-corrected chi connectivity index (χ3v) is 7.08. The summed E-state index contributed by atoms with van der Waals surface area (Å²) in [5.41, 5.74) is 2.02. The lowest BCUT2D eigenvalue weighted by Gasteiger charge is -2.35. The van der Waals surface area contributed by atoms with Crippen LogP contribution >= 0.6 is 0 Å². The number of amides is 1. The zero-order valence-electron chi connectivity index (χ0n) is 22.4. The summed E-state index contributed by atoms with van der Waals surface area (Å²) in [5, 5.41) is 19.1. The van der Waals surface area contributed by atoms with Crippen molar-refractivity contribution >= 4 is 17.8 Å². The second kappa shape index (κ2) is 12.8. The molecule has 0 radical (unpaired) electrons. The van der Waals surface area contributed by atoms with E-state index in [0.717, 1.165) is 11.1 Å². The Morgan fingerprint density at radius 2 is 1.55 bits per heavy atom. The summed E-state index contributed by atoms with van der Waals surface area (Å²) >= 11 is 0. The van der Waals surface area contributed by atoms with Crippen molar-refractivity contribution in [1.82, 2.24) is 4.90 Å². The fourth-order valence-electron chi connectivity index (χ4n) is 4.84. The standard InChI is InChI=1S/C31H33NO8/c1-21(32(19-28(33)34)29(35)27-20-38-31(2,40-27)30(36)37)26(18-13-22-9-5-3-6-10-22)23-14-16-25(17-15-23)39-24-11-7-4-8-12-24/h3-12,14-17,21,26-27H,13,18-20H2,1-2H3,(H,33,34)(H,36,37). The number of aryl methyl sites for hydroxylation is 1. The highest BCUT2D eigenvalue weighted by Gasteiger charge is 2.48. The predicted octanol–water partition coefficient (Wildman–Crippen LogP) is 4.71. The molecule has 4 atom stereocenters. The molecule has 0 aromatic heterocycles. The molecule has 3 aromatic carbocycles. The first kappa shape index (κ1) is 28.8. The first-order valence-corrected chi connectivity index (χ1v) is 13.1. The largest absolute Gasteiger partial charge is 0.480 e. The molecule has 9 nitrogen and oxygen atoms in total. The first-order valence-electron chi connectivity index (χ1n) is 13.1. The molecule has 0 aliphatic carbocycles. The summed E-state index contributed by atoms with van der Waals surface area (Å²) in [5.74, 6) is -4.05. The van der Waals surface area contributed by atoms with Crippen molar-refractivity contribution < 1.29 is 38.8 Å². The molecule has 9 heteroatoms. The molecule has 0 saturated carbocycles. The van der Waals surface area contributed by atoms with E-state index in [1.54, 1.807) is 6.92 Å². The lowest BCUT2D eigenvalue weighted by atomic mass is 9.85. The highest BCUT2D eigenvalue weighted by Crippen LogP contribution is 2.33. The normalized spacial score (nSPS) is 19.9. The van der Waals surface area contributed by atoms with Crippen LogP contribution in [0.25, 0.3) is 0 Å². The fraction of sp³-hybridized carbons (Fsp3) is 0.323. The SMILES string of the molecule is CC(C(CCc1ccccc1)c1ccc(Oc2ccccc2)cc1)N(CC(=O)O)C(=O)C1COC(C)(C(=O)O)O1. The zero-order valence-corrected chi connectivity index (χ0v) is 22.4. The van der Waals surface area contributed by atoms with Crippen LogP contribution in [0.15, 0.2) is 84.9 Å². The van der Waals surface area contributed by atoms with Crippen LogP contribution in [0, 0.1) is 0 Å². The second-order valence-corrected chi connectivity index (χ2v) is 9.88. The number of rotatable bonds is 12. The molecule has 0 spiro atoms. The monoisotopic (exact) mass is 547 g/mol. The van der Waals surface area contributed by atoms with Crippen molar-refractivity contribution in [3.63, 3.8) is 0 Å². The summed E-state index contributed by atoms with van der Waals surface area (Å²) in [7, 11) is 0. The molecular formula is C31H33NO8. The predicted molar refractivity (Wildman–Crippen MR) is 146 cm³/mol. The molecule has 210 valence electrons. The minimum Gasteiger partial charge on any atom is -0.480 e. The van der Waals surface area contributed by atoms with Gasteiger partial charge in [0.1, 0.15) is 18.0 Å². The lowest BCUT2D eigenvalue weighted by molar-refractivity contribution is -0.200. The average Bonchev–Trinajstić information content (AvgIpc) is 3.37. The third-order valence-electron chi connectivity index (χ3n) is 7.08. The van der Waals surface area contributed by atoms with Gasteiger partial charge in [0, 0.05) is 18.9 Å². The number of para-hydroxylation sites is 1. The molecule has 0 bridgehead atoms. The van der Waals surface area contributed by atoms with Gasteiger partial charge in [0.2, 0.25) is 0 Å². The Labute approximate surface area is 232 Å². The quantitative estimate of drug-likeness (QED) is 0.334. The van der Waals surface area contributed by atoms with Gasteiger partial charge in [0.25, 0.3) is 11.7 Å². The van der Waals surface area contributed by atoms with E-state index in [1.807, 2.05) is 84.9 Å². The number of carbonyl (C=O) groups excluding carboxylic acids is 1. The molecule has 40 heavy (non-hydrogen) atoms. The van der Waals surface area contributed by atoms with Gasteiger partial charge in [-0.25, -0.2) is 4.79 Å². The number of ether oxygens (including phenoxy) is 3. The molecule has 1 heterocycles. The molecule has 1 saturated heterocycles. The van der Waals surface area contributed by atoms with Crippen LogP contribution in [0.4, 0.5) is 0 Å². The Balaban J connectivity index is 1.60. The van der Waals surface area contributed by atoms with Gasteiger partial charge >= 0.3 is 11.9 Å². The molecule has 1 aliphatic heterocycles. The van der Waals surface area contributed by atoms with Crippen LogP contribution in [0.3, 0.4) is 0 Å². The Kier molecular flexibility index (Phi) is 9.19. The number of carboxylic acid groups (broad SMARTS) is 2. The van der Waals surface area contributed by atoms with E-state index in [2.05, 4.69) is 0 Å². The summed E-state index contributed by atoms with van der Waals surface area (Å²) in [6.45, 7) is 2.16. The Bertz CT molecular complexity index is 1300. The number of hydrogen-bond donors (Lipinski definition) is 2. The maximum Gasteiger partial charge on any atom is 0.364 e. The van der Waals surface area contributed by atoms with Gasteiger partial charge in [-0.2, -0.15) is 0 Å². The Morgan fingerprint density at radius 3 is 2.12 bits per heavy atom. The molecule has 1 fully saturated rings. The van der Waals surface area contributed by atoms with E-state index in [-0.39, 0.29) is 12.5 Å². The molecule has 4 unspecified atom stereocenters. The van der Waals surface area contributed by atoms with Crippen molar-refractivity contribution in [2.45, 2.75) is 50.5 Å². The second-order valence-electron chi connectivity index (χ2n) is 9.88. The zero-order chi connectivity index (χ0) is 28.7. The summed E-state index contributed by atoms with van der Waals surface area (Å²) in [6, 6.07) is 26.3. The van der Waals surface area contributed by atoms with Crippen LogP contribution < -0.4 is 4.74 Å². The van der Waals surface area contributed by atoms with Crippen LogP contribution in [-0.4, -0.2) is 64.0 Å². The van der Waals surface area contributed by atoms with Gasteiger partial charge in [-0.1, -0.05) is 60.7 Å². The van der Waals surface area contributed by atoms with Crippen molar-refractivity contribution in [2.75, 3.05) is 13.2 Å². The summed E-state index contributed by atoms with van der Waals surface area (Å²) < 4.78 is 16.6. The minimum atomic E-state index is -1.97. The van der Waals surface area contributed by atoms with Crippen molar-refractivity contribution in [3.8, 4) is 11.5 Å². The average molecular weight is 548 g/mol. The van der Waals surface area contributed by atoms with Gasteiger partial charge < -0.3 is 29.3 Å². The van der Waals surface area contributed by atoms with E-state index in [1.165, 1.54) is 11.8 Å². The Hall–Kier alpha value is -4.21. The maximum atomic E-state index is 13.5. The van der Waals surface area contributed by atoms with Crippen molar-refractivity contribution in [3.05, 3.63) is 96.1 Å². The van der Waals surface area contributed by atoms with E-state index >= 15 is 0 Å². The smallest absolute Gasteiger partial charge is 0.364 e. The van der Waals surface area contributed by atoms with Crippen molar-refractivity contribution in [1.29, 1.82) is 0 Å². The number of aliphatic carboxylic acids is 2. The highest BCUT2D eigenvalue weighted by atomic mass is 16.8. The van der Waals surface area contributed by atoms with Crippen LogP contribution in [-0.2, 0) is 30.3 Å². The molecule has 1 aliphatic rings. The summed E-state index contributed by atoms with van der Waals surface area (Å²) in [6.07, 6.45) is 0.0923. The number of nitrogens with zero attached hydrogens (tertiary/aromatic N) is 1. The Morgan fingerprint density at radius 1 is 0.950 bits per heavy atom. The van der Waals surface area contributed by atoms with Gasteiger partial charge in [-0.15, -0.1) is 0 Å². The number of hydrogen-bond acceptors (Lipinski definition) is 6. The maximum absolute atomic E-state index is 13.5. The first-order chi connectivity index (χ1) is 19.2. The minimum absolute atomic E-state index is 0.248. The molecule has 4 rings (SSSR count). The molecule has 2 N–H and O–H groups in total. The van der Waals surface area contributed by atoms with E-state index < -0.39 is 42.3 Å². The lowest BCUT2D eigenvalue weighted by Crippen LogP contribution is -2.50. The van der Waals surface area contributed by atoms with E-state index in [4.69, 9.17) is 14.2 Å². The van der Waals surface area contributed by atoms with Gasteiger partial charge in [0.05, 0.1) is 6.61 Å². The molecular weight excluding hydrogens is 514 g/mol. The van der Waals surface area contributed by atoms with E-state index in [9.17, 15) is 24.6 Å².